The summed E-state index contributed by atoms with van der Waals surface area (Å²) in [6.07, 6.45) is 4.47. The molecule has 1 N–H and O–H groups in total. The van der Waals surface area contributed by atoms with Gasteiger partial charge in [0.15, 0.2) is 0 Å². The van der Waals surface area contributed by atoms with E-state index in [2.05, 4.69) is 20.3 Å². The number of aromatic nitrogens is 3. The number of benzene rings is 1. The van der Waals surface area contributed by atoms with Gasteiger partial charge in [-0.2, -0.15) is 0 Å². The maximum Gasteiger partial charge on any atom is 0.259 e. The van der Waals surface area contributed by atoms with Gasteiger partial charge in [-0.25, -0.2) is 14.4 Å². The van der Waals surface area contributed by atoms with Crippen LogP contribution < -0.4 is 5.32 Å². The minimum atomic E-state index is -0.462. The first-order chi connectivity index (χ1) is 12.7. The van der Waals surface area contributed by atoms with Gasteiger partial charge >= 0.3 is 0 Å². The number of pyridine rings is 3. The molecule has 0 saturated heterocycles. The molecule has 1 aromatic carbocycles. The Kier molecular flexibility index (Phi) is 4.07. The predicted molar refractivity (Wildman–Crippen MR) is 97.1 cm³/mol. The normalized spacial score (nSPS) is 10.7. The fraction of sp³-hybridized carbons (Fsp3) is 0. The molecular formula is C20H13FN4O. The van der Waals surface area contributed by atoms with Gasteiger partial charge in [0, 0.05) is 23.3 Å². The molecule has 3 heterocycles. The van der Waals surface area contributed by atoms with E-state index in [4.69, 9.17) is 0 Å². The van der Waals surface area contributed by atoms with Crippen LogP contribution in [0, 0.1) is 5.82 Å². The van der Waals surface area contributed by atoms with Crippen molar-refractivity contribution < 1.29 is 9.18 Å². The van der Waals surface area contributed by atoms with E-state index in [-0.39, 0.29) is 11.7 Å². The molecule has 1 amide bonds. The highest BCUT2D eigenvalue weighted by atomic mass is 19.1. The summed E-state index contributed by atoms with van der Waals surface area (Å²) in [6, 6.07) is 15.6. The molecule has 126 valence electrons. The van der Waals surface area contributed by atoms with Crippen LogP contribution in [0.3, 0.4) is 0 Å². The third kappa shape index (κ3) is 3.12. The Morgan fingerprint density at radius 2 is 1.88 bits per heavy atom. The molecule has 0 radical (unpaired) electrons. The van der Waals surface area contributed by atoms with Crippen LogP contribution in [0.2, 0.25) is 0 Å². The summed E-state index contributed by atoms with van der Waals surface area (Å²) in [4.78, 5) is 25.3. The van der Waals surface area contributed by atoms with Crippen LogP contribution in [-0.4, -0.2) is 20.9 Å². The summed E-state index contributed by atoms with van der Waals surface area (Å²) < 4.78 is 13.0. The topological polar surface area (TPSA) is 67.8 Å². The number of hydrogen-bond donors (Lipinski definition) is 1. The van der Waals surface area contributed by atoms with E-state index in [0.29, 0.717) is 11.1 Å². The predicted octanol–water partition coefficient (Wildman–Crippen LogP) is 4.08. The van der Waals surface area contributed by atoms with Crippen LogP contribution in [0.1, 0.15) is 10.4 Å². The molecule has 0 unspecified atom stereocenters. The molecule has 0 aliphatic carbocycles. The zero-order valence-corrected chi connectivity index (χ0v) is 13.6. The molecular weight excluding hydrogens is 331 g/mol. The Bertz CT molecular complexity index is 1080. The highest BCUT2D eigenvalue weighted by molar-refractivity contribution is 6.11. The van der Waals surface area contributed by atoms with Gasteiger partial charge in [0.1, 0.15) is 11.6 Å². The van der Waals surface area contributed by atoms with E-state index in [9.17, 15) is 9.18 Å². The monoisotopic (exact) mass is 344 g/mol. The van der Waals surface area contributed by atoms with Crippen molar-refractivity contribution in [2.24, 2.45) is 0 Å². The lowest BCUT2D eigenvalue weighted by Gasteiger charge is -2.08. The summed E-state index contributed by atoms with van der Waals surface area (Å²) in [7, 11) is 0. The van der Waals surface area contributed by atoms with Crippen molar-refractivity contribution in [1.82, 2.24) is 15.0 Å². The van der Waals surface area contributed by atoms with Crippen molar-refractivity contribution in [3.63, 3.8) is 0 Å². The molecule has 0 saturated carbocycles. The first kappa shape index (κ1) is 15.8. The summed E-state index contributed by atoms with van der Waals surface area (Å²) in [5.74, 6) is -0.543. The lowest BCUT2D eigenvalue weighted by Crippen LogP contribution is -2.14. The van der Waals surface area contributed by atoms with Gasteiger partial charge in [0.25, 0.3) is 5.91 Å². The van der Waals surface area contributed by atoms with Gasteiger partial charge < -0.3 is 5.32 Å². The summed E-state index contributed by atoms with van der Waals surface area (Å²) in [6.45, 7) is 0. The quantitative estimate of drug-likeness (QED) is 0.608. The molecule has 3 aromatic heterocycles. The number of para-hydroxylation sites is 1. The number of amides is 1. The number of carbonyl (C=O) groups is 1. The highest BCUT2D eigenvalue weighted by Gasteiger charge is 2.13. The zero-order chi connectivity index (χ0) is 17.9. The number of anilines is 1. The average molecular weight is 344 g/mol. The highest BCUT2D eigenvalue weighted by Crippen LogP contribution is 2.23. The van der Waals surface area contributed by atoms with E-state index in [1.54, 1.807) is 24.5 Å². The van der Waals surface area contributed by atoms with Gasteiger partial charge in [-0.3, -0.25) is 9.78 Å². The van der Waals surface area contributed by atoms with Crippen LogP contribution in [0.25, 0.3) is 22.2 Å². The van der Waals surface area contributed by atoms with Gasteiger partial charge in [-0.05, 0) is 36.4 Å². The van der Waals surface area contributed by atoms with Crippen molar-refractivity contribution >= 4 is 22.6 Å². The lowest BCUT2D eigenvalue weighted by atomic mass is 10.1. The Morgan fingerprint density at radius 3 is 2.65 bits per heavy atom. The van der Waals surface area contributed by atoms with E-state index >= 15 is 0 Å². The number of nitrogens with one attached hydrogen (secondary N) is 1. The first-order valence-corrected chi connectivity index (χ1v) is 7.94. The standard InChI is InChI=1S/C20H13FN4O/c21-15-7-9-18(23-12-15)25-20(26)16-5-1-3-13-6-8-17(24-19(13)16)14-4-2-10-22-11-14/h1-12H,(H,23,25,26). The molecule has 5 nitrogen and oxygen atoms in total. The smallest absolute Gasteiger partial charge is 0.259 e. The third-order valence-corrected chi connectivity index (χ3v) is 3.89. The molecule has 6 heteroatoms. The molecule has 26 heavy (non-hydrogen) atoms. The summed E-state index contributed by atoms with van der Waals surface area (Å²) in [5.41, 5.74) is 2.59. The Morgan fingerprint density at radius 1 is 0.962 bits per heavy atom. The number of hydrogen-bond acceptors (Lipinski definition) is 4. The van der Waals surface area contributed by atoms with Crippen molar-refractivity contribution in [2.75, 3.05) is 5.32 Å². The van der Waals surface area contributed by atoms with Crippen molar-refractivity contribution in [3.8, 4) is 11.3 Å². The van der Waals surface area contributed by atoms with Crippen molar-refractivity contribution in [3.05, 3.63) is 84.6 Å². The SMILES string of the molecule is O=C(Nc1ccc(F)cn1)c1cccc2ccc(-c3cccnc3)nc12. The third-order valence-electron chi connectivity index (χ3n) is 3.89. The Labute approximate surface area is 148 Å². The average Bonchev–Trinajstić information content (AvgIpc) is 2.69. The maximum absolute atomic E-state index is 13.0. The molecule has 0 aliphatic rings. The number of rotatable bonds is 3. The maximum atomic E-state index is 13.0. The number of fused-ring (bicyclic) bond motifs is 1. The summed E-state index contributed by atoms with van der Waals surface area (Å²) >= 11 is 0. The molecule has 4 aromatic rings. The number of nitrogens with zero attached hydrogens (tertiary/aromatic N) is 3. The van der Waals surface area contributed by atoms with E-state index in [0.717, 1.165) is 22.8 Å². The second-order valence-corrected chi connectivity index (χ2v) is 5.63. The second kappa shape index (κ2) is 6.68. The molecule has 0 spiro atoms. The van der Waals surface area contributed by atoms with Crippen molar-refractivity contribution in [1.29, 1.82) is 0 Å². The summed E-state index contributed by atoms with van der Waals surface area (Å²) in [5, 5.41) is 3.51. The van der Waals surface area contributed by atoms with Gasteiger partial charge in [0.05, 0.1) is 23.0 Å². The van der Waals surface area contributed by atoms with Crippen molar-refractivity contribution in [2.45, 2.75) is 0 Å². The fourth-order valence-corrected chi connectivity index (χ4v) is 2.64. The largest absolute Gasteiger partial charge is 0.306 e. The van der Waals surface area contributed by atoms with Crippen LogP contribution in [0.5, 0.6) is 0 Å². The second-order valence-electron chi connectivity index (χ2n) is 5.63. The lowest BCUT2D eigenvalue weighted by molar-refractivity contribution is 0.102. The zero-order valence-electron chi connectivity index (χ0n) is 13.6. The van der Waals surface area contributed by atoms with Gasteiger partial charge in [-0.1, -0.05) is 18.2 Å². The Hall–Kier alpha value is -3.67. The van der Waals surface area contributed by atoms with E-state index < -0.39 is 5.82 Å². The Balaban J connectivity index is 1.74. The molecule has 0 fully saturated rings. The van der Waals surface area contributed by atoms with Crippen LogP contribution in [0.15, 0.2) is 73.2 Å². The minimum absolute atomic E-state index is 0.275. The molecule has 0 aliphatic heterocycles. The molecule has 0 bridgehead atoms. The number of carbonyl (C=O) groups excluding carboxylic acids is 1. The van der Waals surface area contributed by atoms with Crippen LogP contribution in [0.4, 0.5) is 10.2 Å². The van der Waals surface area contributed by atoms with Gasteiger partial charge in [-0.15, -0.1) is 0 Å². The number of halogens is 1. The minimum Gasteiger partial charge on any atom is -0.306 e. The van der Waals surface area contributed by atoms with E-state index in [1.807, 2.05) is 30.3 Å². The van der Waals surface area contributed by atoms with Crippen LogP contribution >= 0.6 is 0 Å². The molecule has 4 rings (SSSR count). The van der Waals surface area contributed by atoms with Crippen LogP contribution in [-0.2, 0) is 0 Å². The fourth-order valence-electron chi connectivity index (χ4n) is 2.64. The van der Waals surface area contributed by atoms with E-state index in [1.165, 1.54) is 12.1 Å². The van der Waals surface area contributed by atoms with Gasteiger partial charge in [0.2, 0.25) is 0 Å². The first-order valence-electron chi connectivity index (χ1n) is 7.94. The molecule has 0 atom stereocenters.